The fraction of sp³-hybridized carbons (Fsp3) is 0.529. The summed E-state index contributed by atoms with van der Waals surface area (Å²) in [6, 6.07) is 0. The van der Waals surface area contributed by atoms with Crippen LogP contribution in [-0.4, -0.2) is 39.8 Å². The third-order valence-electron chi connectivity index (χ3n) is 4.62. The van der Waals surface area contributed by atoms with Crippen LogP contribution in [0, 0.1) is 5.92 Å². The van der Waals surface area contributed by atoms with Crippen LogP contribution in [0.5, 0.6) is 0 Å². The van der Waals surface area contributed by atoms with E-state index >= 15 is 0 Å². The van der Waals surface area contributed by atoms with Crippen LogP contribution >= 0.6 is 0 Å². The number of aryl methyl sites for hydroxylation is 1. The van der Waals surface area contributed by atoms with Crippen molar-refractivity contribution in [2.24, 2.45) is 18.0 Å². The molecule has 2 heterocycles. The van der Waals surface area contributed by atoms with Gasteiger partial charge in [0.05, 0.1) is 24.0 Å². The van der Waals surface area contributed by atoms with Gasteiger partial charge < -0.3 is 9.30 Å². The maximum Gasteiger partial charge on any atom is 0.433 e. The summed E-state index contributed by atoms with van der Waals surface area (Å²) in [5, 5.41) is 0. The van der Waals surface area contributed by atoms with Gasteiger partial charge in [-0.15, -0.1) is 0 Å². The molecule has 1 aromatic heterocycles. The van der Waals surface area contributed by atoms with Crippen molar-refractivity contribution in [3.8, 4) is 0 Å². The van der Waals surface area contributed by atoms with E-state index in [4.69, 9.17) is 4.74 Å². The lowest BCUT2D eigenvalue weighted by atomic mass is 9.71. The fourth-order valence-corrected chi connectivity index (χ4v) is 3.57. The summed E-state index contributed by atoms with van der Waals surface area (Å²) in [4.78, 5) is 32.8. The van der Waals surface area contributed by atoms with Crippen LogP contribution < -0.4 is 0 Å². The highest BCUT2D eigenvalue weighted by Crippen LogP contribution is 2.46. The average molecular weight is 369 g/mol. The number of aliphatic imine (C=N–C) groups is 1. The Morgan fingerprint density at radius 2 is 2.08 bits per heavy atom. The minimum absolute atomic E-state index is 0.0874. The molecule has 2 unspecified atom stereocenters. The minimum atomic E-state index is -4.84. The minimum Gasteiger partial charge on any atom is -0.463 e. The number of hydrogen-bond acceptors (Lipinski definition) is 5. The van der Waals surface area contributed by atoms with Gasteiger partial charge in [-0.2, -0.15) is 13.2 Å². The standard InChI is InChI=1S/C17H18F3N3O3/c1-3-26-16(25)13-12(15-21-7-8-23(15)2)11-9(5-4-6-10(11)24)22-14(13)17(18,19)20/h7-8,11-12H,3-6H2,1-2H3. The lowest BCUT2D eigenvalue weighted by Gasteiger charge is -2.35. The number of Topliss-reactive ketones (excluding diaryl/α,β-unsaturated/α-hetero) is 1. The van der Waals surface area contributed by atoms with Crippen LogP contribution in [0.3, 0.4) is 0 Å². The van der Waals surface area contributed by atoms with Crippen molar-refractivity contribution >= 4 is 17.5 Å². The first kappa shape index (κ1) is 18.3. The number of nitrogens with zero attached hydrogens (tertiary/aromatic N) is 3. The summed E-state index contributed by atoms with van der Waals surface area (Å²) in [6.07, 6.45) is -0.894. The summed E-state index contributed by atoms with van der Waals surface area (Å²) in [5.41, 5.74) is -1.77. The number of hydrogen-bond donors (Lipinski definition) is 0. The zero-order valence-corrected chi connectivity index (χ0v) is 14.3. The molecule has 0 amide bonds. The Morgan fingerprint density at radius 3 is 2.65 bits per heavy atom. The smallest absolute Gasteiger partial charge is 0.433 e. The maximum absolute atomic E-state index is 13.7. The lowest BCUT2D eigenvalue weighted by Crippen LogP contribution is -2.41. The number of fused-ring (bicyclic) bond motifs is 1. The summed E-state index contributed by atoms with van der Waals surface area (Å²) >= 11 is 0. The van der Waals surface area contributed by atoms with E-state index in [2.05, 4.69) is 9.98 Å². The number of aromatic nitrogens is 2. The monoisotopic (exact) mass is 369 g/mol. The third kappa shape index (κ3) is 3.06. The van der Waals surface area contributed by atoms with Gasteiger partial charge in [0.15, 0.2) is 5.70 Å². The number of rotatable bonds is 3. The van der Waals surface area contributed by atoms with Crippen LogP contribution in [-0.2, 0) is 21.4 Å². The Morgan fingerprint density at radius 1 is 1.35 bits per heavy atom. The number of alkyl halides is 3. The topological polar surface area (TPSA) is 73.6 Å². The molecule has 1 aliphatic carbocycles. The van der Waals surface area contributed by atoms with E-state index in [0.717, 1.165) is 0 Å². The van der Waals surface area contributed by atoms with E-state index in [0.29, 0.717) is 6.42 Å². The third-order valence-corrected chi connectivity index (χ3v) is 4.62. The largest absolute Gasteiger partial charge is 0.463 e. The van der Waals surface area contributed by atoms with Gasteiger partial charge in [0.1, 0.15) is 11.6 Å². The first-order chi connectivity index (χ1) is 12.3. The molecule has 3 rings (SSSR count). The van der Waals surface area contributed by atoms with Crippen molar-refractivity contribution < 1.29 is 27.5 Å². The quantitative estimate of drug-likeness (QED) is 0.768. The van der Waals surface area contributed by atoms with Crippen molar-refractivity contribution in [1.82, 2.24) is 9.55 Å². The van der Waals surface area contributed by atoms with Gasteiger partial charge in [0, 0.05) is 31.6 Å². The van der Waals surface area contributed by atoms with E-state index < -0.39 is 35.3 Å². The molecule has 1 aliphatic heterocycles. The predicted octanol–water partition coefficient (Wildman–Crippen LogP) is 2.71. The van der Waals surface area contributed by atoms with Gasteiger partial charge in [0.25, 0.3) is 0 Å². The number of imidazole rings is 1. The van der Waals surface area contributed by atoms with Crippen molar-refractivity contribution in [2.75, 3.05) is 6.61 Å². The second-order valence-electron chi connectivity index (χ2n) is 6.26. The van der Waals surface area contributed by atoms with Crippen LogP contribution in [0.4, 0.5) is 13.2 Å². The molecule has 6 nitrogen and oxygen atoms in total. The molecule has 1 fully saturated rings. The zero-order valence-electron chi connectivity index (χ0n) is 14.3. The first-order valence-corrected chi connectivity index (χ1v) is 8.31. The maximum atomic E-state index is 13.7. The van der Waals surface area contributed by atoms with E-state index in [1.807, 2.05) is 0 Å². The van der Waals surface area contributed by atoms with E-state index in [1.54, 1.807) is 13.2 Å². The van der Waals surface area contributed by atoms with Gasteiger partial charge in [-0.1, -0.05) is 0 Å². The SMILES string of the molecule is CCOC(=O)C1=C(C(F)(F)F)N=C2CCCC(=O)C2C1c1nccn1C. The Kier molecular flexibility index (Phi) is 4.72. The number of carbonyl (C=O) groups excluding carboxylic acids is 2. The second-order valence-corrected chi connectivity index (χ2v) is 6.26. The molecule has 1 aromatic rings. The molecule has 26 heavy (non-hydrogen) atoms. The van der Waals surface area contributed by atoms with Crippen LogP contribution in [0.25, 0.3) is 0 Å². The molecule has 0 radical (unpaired) electrons. The lowest BCUT2D eigenvalue weighted by molar-refractivity contribution is -0.140. The van der Waals surface area contributed by atoms with Crippen molar-refractivity contribution in [2.45, 2.75) is 38.3 Å². The van der Waals surface area contributed by atoms with Crippen LogP contribution in [0.1, 0.15) is 37.9 Å². The first-order valence-electron chi connectivity index (χ1n) is 8.31. The Balaban J connectivity index is 2.28. The van der Waals surface area contributed by atoms with Crippen LogP contribution in [0.2, 0.25) is 0 Å². The van der Waals surface area contributed by atoms with E-state index in [1.165, 1.54) is 17.7 Å². The number of carbonyl (C=O) groups is 2. The number of allylic oxidation sites excluding steroid dienone is 1. The van der Waals surface area contributed by atoms with Crippen molar-refractivity contribution in [3.63, 3.8) is 0 Å². The summed E-state index contributed by atoms with van der Waals surface area (Å²) < 4.78 is 47.4. The number of ketones is 1. The Labute approximate surface area is 147 Å². The Hall–Kier alpha value is -2.45. The van der Waals surface area contributed by atoms with Crippen molar-refractivity contribution in [3.05, 3.63) is 29.5 Å². The van der Waals surface area contributed by atoms with Gasteiger partial charge in [-0.25, -0.2) is 9.78 Å². The predicted molar refractivity (Wildman–Crippen MR) is 85.4 cm³/mol. The normalized spacial score (nSPS) is 23.6. The average Bonchev–Trinajstić information content (AvgIpc) is 2.98. The highest BCUT2D eigenvalue weighted by Gasteiger charge is 2.51. The van der Waals surface area contributed by atoms with Gasteiger partial charge in [-0.05, 0) is 19.8 Å². The molecule has 2 atom stereocenters. The van der Waals surface area contributed by atoms with E-state index in [9.17, 15) is 22.8 Å². The molecular formula is C17H18F3N3O3. The summed E-state index contributed by atoms with van der Waals surface area (Å²) in [7, 11) is 1.61. The van der Waals surface area contributed by atoms with E-state index in [-0.39, 0.29) is 36.8 Å². The molecule has 0 spiro atoms. The molecule has 9 heteroatoms. The molecule has 0 saturated heterocycles. The zero-order chi connectivity index (χ0) is 19.1. The molecule has 0 N–H and O–H groups in total. The Bertz CT molecular complexity index is 808. The number of esters is 1. The number of halogens is 3. The molecule has 2 aliphatic rings. The van der Waals surface area contributed by atoms with Crippen molar-refractivity contribution in [1.29, 1.82) is 0 Å². The van der Waals surface area contributed by atoms with Gasteiger partial charge >= 0.3 is 12.1 Å². The fourth-order valence-electron chi connectivity index (χ4n) is 3.57. The summed E-state index contributed by atoms with van der Waals surface area (Å²) in [6.45, 7) is 1.42. The highest BCUT2D eigenvalue weighted by molar-refractivity contribution is 6.11. The molecule has 0 bridgehead atoms. The highest BCUT2D eigenvalue weighted by atomic mass is 19.4. The second kappa shape index (κ2) is 6.69. The molecule has 1 saturated carbocycles. The molecule has 0 aromatic carbocycles. The van der Waals surface area contributed by atoms with Crippen LogP contribution in [0.15, 0.2) is 28.7 Å². The molecular weight excluding hydrogens is 351 g/mol. The summed E-state index contributed by atoms with van der Waals surface area (Å²) in [5.74, 6) is -3.22. The number of ether oxygens (including phenoxy) is 1. The molecule has 140 valence electrons. The van der Waals surface area contributed by atoms with Gasteiger partial charge in [0.2, 0.25) is 0 Å². The van der Waals surface area contributed by atoms with Gasteiger partial charge in [-0.3, -0.25) is 9.79 Å².